The maximum absolute atomic E-state index is 13.3. The molecule has 0 spiro atoms. The average Bonchev–Trinajstić information content (AvgIpc) is 3.46. The Kier molecular flexibility index (Phi) is 5.99. The van der Waals surface area contributed by atoms with Gasteiger partial charge in [0.1, 0.15) is 17.3 Å². The summed E-state index contributed by atoms with van der Waals surface area (Å²) in [6.07, 6.45) is 5.43. The number of methoxy groups -OCH3 is 1. The van der Waals surface area contributed by atoms with Crippen LogP contribution in [0, 0.1) is 6.92 Å². The van der Waals surface area contributed by atoms with Crippen LogP contribution in [-0.2, 0) is 6.54 Å². The first-order valence-electron chi connectivity index (χ1n) is 11.6. The van der Waals surface area contributed by atoms with E-state index in [0.717, 1.165) is 44.7 Å². The van der Waals surface area contributed by atoms with Crippen molar-refractivity contribution in [1.82, 2.24) is 15.0 Å². The number of amides is 1. The number of para-hydroxylation sites is 1. The van der Waals surface area contributed by atoms with E-state index < -0.39 is 0 Å². The summed E-state index contributed by atoms with van der Waals surface area (Å²) in [7, 11) is 3.54. The van der Waals surface area contributed by atoms with Crippen molar-refractivity contribution in [2.45, 2.75) is 20.4 Å². The molecule has 0 unspecified atom stereocenters. The number of aromatic amines is 1. The first kappa shape index (κ1) is 23.3. The molecule has 1 amide bonds. The van der Waals surface area contributed by atoms with Gasteiger partial charge in [-0.15, -0.1) is 0 Å². The van der Waals surface area contributed by atoms with E-state index in [-0.39, 0.29) is 11.9 Å². The van der Waals surface area contributed by atoms with Crippen molar-refractivity contribution < 1.29 is 14.8 Å². The number of aliphatic imine (C=N–C) groups is 1. The summed E-state index contributed by atoms with van der Waals surface area (Å²) in [6.45, 7) is 4.41. The van der Waals surface area contributed by atoms with Crippen LogP contribution < -0.4 is 20.7 Å². The number of nitrogens with two attached hydrogens (primary N) is 2. The Balaban J connectivity index is 1.54. The van der Waals surface area contributed by atoms with E-state index in [0.29, 0.717) is 23.7 Å². The lowest BCUT2D eigenvalue weighted by molar-refractivity contribution is -0.575. The van der Waals surface area contributed by atoms with Gasteiger partial charge in [-0.2, -0.15) is 4.99 Å². The fourth-order valence-electron chi connectivity index (χ4n) is 4.38. The second-order valence-corrected chi connectivity index (χ2v) is 8.73. The minimum absolute atomic E-state index is 0.0504. The second-order valence-electron chi connectivity index (χ2n) is 8.73. The van der Waals surface area contributed by atoms with Crippen LogP contribution >= 0.6 is 0 Å². The third kappa shape index (κ3) is 4.09. The van der Waals surface area contributed by atoms with Crippen LogP contribution in [-0.4, -0.2) is 40.9 Å². The molecular weight excluding hydrogens is 454 g/mol. The number of anilines is 1. The molecule has 0 atom stereocenters. The maximum atomic E-state index is 13.3. The Morgan fingerprint density at radius 1 is 1.28 bits per heavy atom. The van der Waals surface area contributed by atoms with Gasteiger partial charge in [0.2, 0.25) is 0 Å². The molecule has 9 nitrogen and oxygen atoms in total. The Morgan fingerprint density at radius 3 is 2.89 bits per heavy atom. The van der Waals surface area contributed by atoms with Crippen LogP contribution in [0.3, 0.4) is 0 Å². The highest BCUT2D eigenvalue weighted by atomic mass is 16.5. The first-order chi connectivity index (χ1) is 17.4. The molecule has 4 aromatic rings. The number of ether oxygens (including phenoxy) is 1. The molecule has 0 fully saturated rings. The van der Waals surface area contributed by atoms with E-state index in [2.05, 4.69) is 15.0 Å². The third-order valence-corrected chi connectivity index (χ3v) is 6.38. The Hall–Kier alpha value is -4.50. The van der Waals surface area contributed by atoms with Gasteiger partial charge < -0.3 is 25.7 Å². The van der Waals surface area contributed by atoms with Crippen LogP contribution in [0.15, 0.2) is 65.6 Å². The summed E-state index contributed by atoms with van der Waals surface area (Å²) in [4.78, 5) is 31.9. The van der Waals surface area contributed by atoms with Gasteiger partial charge in [-0.3, -0.25) is 4.79 Å². The van der Waals surface area contributed by atoms with Crippen LogP contribution in [0.25, 0.3) is 22.2 Å². The topological polar surface area (TPSA) is 126 Å². The molecule has 3 heterocycles. The molecule has 36 heavy (non-hydrogen) atoms. The number of hydrogen-bond donors (Lipinski definition) is 3. The molecule has 2 aromatic heterocycles. The van der Waals surface area contributed by atoms with Crippen LogP contribution in [0.4, 0.5) is 11.6 Å². The summed E-state index contributed by atoms with van der Waals surface area (Å²) < 4.78 is 5.31. The SMILES string of the molecule is C[NH2+]/C(C)=C\C(N)=N/c1ncc(C)c(-c2c[nH]c3c(N4Cc5ccc(OC)cc5C4=O)cccc23)n1. The van der Waals surface area contributed by atoms with Crippen molar-refractivity contribution in [1.29, 1.82) is 0 Å². The van der Waals surface area contributed by atoms with Gasteiger partial charge in [0.25, 0.3) is 11.9 Å². The van der Waals surface area contributed by atoms with Gasteiger partial charge in [0, 0.05) is 41.9 Å². The summed E-state index contributed by atoms with van der Waals surface area (Å²) >= 11 is 0. The number of nitrogens with one attached hydrogen (secondary N) is 1. The largest absolute Gasteiger partial charge is 0.497 e. The number of carbonyl (C=O) groups excluding carboxylic acids is 1. The van der Waals surface area contributed by atoms with Crippen molar-refractivity contribution >= 4 is 34.3 Å². The lowest BCUT2D eigenvalue weighted by Gasteiger charge is -2.17. The molecular formula is C27H28N7O2+. The Morgan fingerprint density at radius 2 is 2.11 bits per heavy atom. The minimum Gasteiger partial charge on any atom is -0.497 e. The predicted octanol–water partition coefficient (Wildman–Crippen LogP) is 3.19. The number of aromatic nitrogens is 3. The van der Waals surface area contributed by atoms with Crippen LogP contribution in [0.2, 0.25) is 0 Å². The molecule has 0 aliphatic carbocycles. The number of nitrogens with zero attached hydrogens (tertiary/aromatic N) is 4. The number of quaternary nitrogens is 1. The molecule has 1 aliphatic heterocycles. The highest BCUT2D eigenvalue weighted by Gasteiger charge is 2.30. The van der Waals surface area contributed by atoms with Crippen molar-refractivity contribution in [3.63, 3.8) is 0 Å². The Bertz CT molecular complexity index is 1550. The molecule has 0 radical (unpaired) electrons. The third-order valence-electron chi connectivity index (χ3n) is 6.38. The zero-order chi connectivity index (χ0) is 25.4. The van der Waals surface area contributed by atoms with E-state index in [1.54, 1.807) is 30.3 Å². The van der Waals surface area contributed by atoms with Crippen LogP contribution in [0.1, 0.15) is 28.4 Å². The molecule has 0 bridgehead atoms. The van der Waals surface area contributed by atoms with Crippen molar-refractivity contribution in [3.8, 4) is 17.0 Å². The van der Waals surface area contributed by atoms with Gasteiger partial charge in [0.15, 0.2) is 0 Å². The molecule has 2 aromatic carbocycles. The van der Waals surface area contributed by atoms with Gasteiger partial charge in [-0.25, -0.2) is 9.97 Å². The van der Waals surface area contributed by atoms with Crippen molar-refractivity contribution in [2.24, 2.45) is 10.7 Å². The fraction of sp³-hybridized carbons (Fsp3) is 0.185. The molecule has 0 saturated heterocycles. The lowest BCUT2D eigenvalue weighted by atomic mass is 10.1. The second kappa shape index (κ2) is 9.27. The average molecular weight is 483 g/mol. The highest BCUT2D eigenvalue weighted by molar-refractivity contribution is 6.14. The van der Waals surface area contributed by atoms with E-state index >= 15 is 0 Å². The number of amidine groups is 1. The van der Waals surface area contributed by atoms with Gasteiger partial charge in [0.05, 0.1) is 37.6 Å². The summed E-state index contributed by atoms with van der Waals surface area (Å²) in [5, 5.41) is 2.91. The molecule has 5 rings (SSSR count). The van der Waals surface area contributed by atoms with Crippen molar-refractivity contribution in [3.05, 3.63) is 77.3 Å². The smallest absolute Gasteiger partial charge is 0.259 e. The standard InChI is InChI=1S/C27H27N7O2/c1-15-12-31-27(32-23(28)10-16(2)29-3)33-24(15)21-13-30-25-19(21)6-5-7-22(25)34-14-17-8-9-18(36-4)11-20(17)26(34)35/h5-13,29-30H,14H2,1-4H3,(H2,28,31,32,33)/p+1/b16-10-. The van der Waals surface area contributed by atoms with Gasteiger partial charge in [-0.1, -0.05) is 18.2 Å². The molecule has 182 valence electrons. The molecule has 0 saturated carbocycles. The highest BCUT2D eigenvalue weighted by Crippen LogP contribution is 2.38. The molecule has 5 N–H and O–H groups in total. The normalized spacial score (nSPS) is 14.0. The summed E-state index contributed by atoms with van der Waals surface area (Å²) in [5.41, 5.74) is 12.9. The number of fused-ring (bicyclic) bond motifs is 2. The zero-order valence-electron chi connectivity index (χ0n) is 20.7. The number of hydrogen-bond acceptors (Lipinski definition) is 5. The van der Waals surface area contributed by atoms with Crippen LogP contribution in [0.5, 0.6) is 5.75 Å². The van der Waals surface area contributed by atoms with Gasteiger partial charge >= 0.3 is 0 Å². The summed E-state index contributed by atoms with van der Waals surface area (Å²) in [5.74, 6) is 1.25. The monoisotopic (exact) mass is 482 g/mol. The number of H-pyrrole nitrogens is 1. The van der Waals surface area contributed by atoms with E-state index in [9.17, 15) is 4.79 Å². The van der Waals surface area contributed by atoms with Crippen molar-refractivity contribution in [2.75, 3.05) is 19.1 Å². The number of rotatable bonds is 6. The maximum Gasteiger partial charge on any atom is 0.259 e. The van der Waals surface area contributed by atoms with Gasteiger partial charge in [-0.05, 0) is 36.2 Å². The first-order valence-corrected chi connectivity index (χ1v) is 11.6. The van der Waals surface area contributed by atoms with E-state index in [1.165, 1.54) is 0 Å². The lowest BCUT2D eigenvalue weighted by Crippen LogP contribution is -2.76. The number of benzene rings is 2. The quantitative estimate of drug-likeness (QED) is 0.287. The zero-order valence-corrected chi connectivity index (χ0v) is 20.7. The minimum atomic E-state index is -0.0504. The Labute approximate surface area is 208 Å². The fourth-order valence-corrected chi connectivity index (χ4v) is 4.38. The van der Waals surface area contributed by atoms with E-state index in [1.807, 2.05) is 62.7 Å². The van der Waals surface area contributed by atoms with E-state index in [4.69, 9.17) is 15.5 Å². The molecule has 1 aliphatic rings. The number of allylic oxidation sites excluding steroid dienone is 1. The molecule has 9 heteroatoms. The number of aryl methyl sites for hydroxylation is 1. The predicted molar refractivity (Wildman–Crippen MR) is 140 cm³/mol. The number of carbonyl (C=O) groups is 1. The summed E-state index contributed by atoms with van der Waals surface area (Å²) in [6, 6.07) is 11.5.